The molecule has 1 N–H and O–H groups in total. The fourth-order valence-electron chi connectivity index (χ4n) is 5.73. The summed E-state index contributed by atoms with van der Waals surface area (Å²) in [5.41, 5.74) is 11.6. The van der Waals surface area contributed by atoms with E-state index in [0.29, 0.717) is 5.89 Å². The van der Waals surface area contributed by atoms with Crippen molar-refractivity contribution >= 4 is 32.9 Å². The minimum Gasteiger partial charge on any atom is -0.435 e. The molecule has 8 aromatic rings. The van der Waals surface area contributed by atoms with E-state index in [0.717, 1.165) is 55.5 Å². The molecule has 0 saturated heterocycles. The number of hydrogen-bond acceptors (Lipinski definition) is 2. The first-order valence-corrected chi connectivity index (χ1v) is 13.5. The second kappa shape index (κ2) is 9.11. The summed E-state index contributed by atoms with van der Waals surface area (Å²) in [5.74, 6) is 0.617. The predicted octanol–water partition coefficient (Wildman–Crippen LogP) is 10.1. The summed E-state index contributed by atoms with van der Waals surface area (Å²) < 4.78 is 6.54. The zero-order valence-electron chi connectivity index (χ0n) is 21.6. The van der Waals surface area contributed by atoms with Crippen molar-refractivity contribution in [3.8, 4) is 44.8 Å². The molecule has 0 fully saturated rings. The van der Waals surface area contributed by atoms with Gasteiger partial charge >= 0.3 is 0 Å². The fraction of sp³-hybridized carbons (Fsp3) is 0. The maximum atomic E-state index is 6.54. The Morgan fingerprint density at radius 2 is 1.05 bits per heavy atom. The molecular formula is C37H24N2O. The Hall–Kier alpha value is -5.41. The van der Waals surface area contributed by atoms with E-state index in [1.807, 2.05) is 12.1 Å². The molecule has 8 rings (SSSR count). The molecule has 40 heavy (non-hydrogen) atoms. The lowest BCUT2D eigenvalue weighted by Crippen LogP contribution is -1.84. The molecule has 2 aromatic heterocycles. The zero-order valence-corrected chi connectivity index (χ0v) is 21.6. The van der Waals surface area contributed by atoms with Crippen LogP contribution in [0.1, 0.15) is 0 Å². The summed E-state index contributed by atoms with van der Waals surface area (Å²) in [7, 11) is 0. The van der Waals surface area contributed by atoms with Crippen LogP contribution in [-0.4, -0.2) is 9.97 Å². The van der Waals surface area contributed by atoms with Gasteiger partial charge in [0, 0.05) is 38.5 Å². The van der Waals surface area contributed by atoms with Crippen molar-refractivity contribution < 1.29 is 4.42 Å². The minimum absolute atomic E-state index is 0.617. The Labute approximate surface area is 231 Å². The number of H-pyrrole nitrogens is 1. The Kier molecular flexibility index (Phi) is 5.14. The van der Waals surface area contributed by atoms with Gasteiger partial charge in [0.2, 0.25) is 5.89 Å². The lowest BCUT2D eigenvalue weighted by Gasteiger charge is -2.06. The summed E-state index contributed by atoms with van der Waals surface area (Å²) in [5, 5.41) is 2.48. The zero-order chi connectivity index (χ0) is 26.5. The van der Waals surface area contributed by atoms with Crippen molar-refractivity contribution in [1.82, 2.24) is 9.97 Å². The van der Waals surface area contributed by atoms with Crippen molar-refractivity contribution in [3.63, 3.8) is 0 Å². The smallest absolute Gasteiger partial charge is 0.227 e. The van der Waals surface area contributed by atoms with Crippen LogP contribution in [0.15, 0.2) is 144 Å². The summed E-state index contributed by atoms with van der Waals surface area (Å²) >= 11 is 0. The van der Waals surface area contributed by atoms with Gasteiger partial charge in [-0.25, -0.2) is 4.98 Å². The SMILES string of the molecule is c1ccc(-c2ccc(-c3ccccc3)c3oc(-c4ccc(-c5cccc6c5[nH]c5ccccc56)cc4)nc23)cc1. The summed E-state index contributed by atoms with van der Waals surface area (Å²) in [4.78, 5) is 8.68. The topological polar surface area (TPSA) is 41.8 Å². The van der Waals surface area contributed by atoms with E-state index in [9.17, 15) is 0 Å². The first-order valence-electron chi connectivity index (χ1n) is 13.5. The number of rotatable bonds is 4. The maximum absolute atomic E-state index is 6.54. The van der Waals surface area contributed by atoms with Gasteiger partial charge in [0.25, 0.3) is 0 Å². The molecule has 0 aliphatic heterocycles. The third kappa shape index (κ3) is 3.63. The number of oxazole rings is 1. The predicted molar refractivity (Wildman–Crippen MR) is 165 cm³/mol. The van der Waals surface area contributed by atoms with Crippen LogP contribution in [0.3, 0.4) is 0 Å². The average Bonchev–Trinajstić information content (AvgIpc) is 3.64. The second-order valence-corrected chi connectivity index (χ2v) is 10.1. The summed E-state index contributed by atoms with van der Waals surface area (Å²) in [6.45, 7) is 0. The largest absolute Gasteiger partial charge is 0.435 e. The molecule has 0 saturated carbocycles. The molecule has 3 heteroatoms. The van der Waals surface area contributed by atoms with E-state index in [1.54, 1.807) is 0 Å². The van der Waals surface area contributed by atoms with Gasteiger partial charge in [0.05, 0.1) is 5.52 Å². The Morgan fingerprint density at radius 1 is 0.450 bits per heavy atom. The van der Waals surface area contributed by atoms with Crippen LogP contribution in [-0.2, 0) is 0 Å². The maximum Gasteiger partial charge on any atom is 0.227 e. The van der Waals surface area contributed by atoms with E-state index in [2.05, 4.69) is 132 Å². The molecule has 188 valence electrons. The first-order chi connectivity index (χ1) is 19.8. The monoisotopic (exact) mass is 512 g/mol. The number of hydrogen-bond donors (Lipinski definition) is 1. The van der Waals surface area contributed by atoms with Crippen molar-refractivity contribution in [3.05, 3.63) is 140 Å². The number of aromatic amines is 1. The van der Waals surface area contributed by atoms with Gasteiger partial charge in [-0.15, -0.1) is 0 Å². The highest BCUT2D eigenvalue weighted by atomic mass is 16.3. The van der Waals surface area contributed by atoms with Crippen LogP contribution >= 0.6 is 0 Å². The Bertz CT molecular complexity index is 2060. The number of benzene rings is 6. The summed E-state index contributed by atoms with van der Waals surface area (Å²) in [6, 6.07) is 48.5. The van der Waals surface area contributed by atoms with Crippen molar-refractivity contribution in [2.45, 2.75) is 0 Å². The second-order valence-electron chi connectivity index (χ2n) is 10.1. The number of fused-ring (bicyclic) bond motifs is 4. The highest BCUT2D eigenvalue weighted by Crippen LogP contribution is 2.39. The van der Waals surface area contributed by atoms with Crippen LogP contribution < -0.4 is 0 Å². The molecule has 3 nitrogen and oxygen atoms in total. The molecule has 0 bridgehead atoms. The van der Waals surface area contributed by atoms with Gasteiger partial charge in [-0.3, -0.25) is 0 Å². The molecular weight excluding hydrogens is 488 g/mol. The third-order valence-corrected chi connectivity index (χ3v) is 7.70. The molecule has 0 aliphatic carbocycles. The van der Waals surface area contributed by atoms with Crippen LogP contribution in [0.2, 0.25) is 0 Å². The van der Waals surface area contributed by atoms with Gasteiger partial charge in [-0.1, -0.05) is 115 Å². The van der Waals surface area contributed by atoms with Crippen LogP contribution in [0, 0.1) is 0 Å². The molecule has 6 aromatic carbocycles. The molecule has 0 unspecified atom stereocenters. The Morgan fingerprint density at radius 3 is 1.82 bits per heavy atom. The highest BCUT2D eigenvalue weighted by Gasteiger charge is 2.18. The lowest BCUT2D eigenvalue weighted by atomic mass is 9.98. The summed E-state index contributed by atoms with van der Waals surface area (Å²) in [6.07, 6.45) is 0. The molecule has 0 aliphatic rings. The number of aromatic nitrogens is 2. The highest BCUT2D eigenvalue weighted by molar-refractivity contribution is 6.11. The van der Waals surface area contributed by atoms with Gasteiger partial charge in [0.15, 0.2) is 5.58 Å². The molecule has 0 atom stereocenters. The van der Waals surface area contributed by atoms with Gasteiger partial charge in [-0.05, 0) is 41.0 Å². The van der Waals surface area contributed by atoms with Crippen molar-refractivity contribution in [2.75, 3.05) is 0 Å². The quantitative estimate of drug-likeness (QED) is 0.255. The van der Waals surface area contributed by atoms with E-state index < -0.39 is 0 Å². The van der Waals surface area contributed by atoms with Gasteiger partial charge in [0.1, 0.15) is 5.52 Å². The molecule has 0 radical (unpaired) electrons. The first kappa shape index (κ1) is 22.6. The standard InChI is InChI=1S/C37H24N2O/c1-3-10-24(11-4-1)29-22-23-30(25-12-5-2-6-13-25)36-35(29)39-37(40-36)27-20-18-26(19-21-27)28-15-9-16-32-31-14-7-8-17-33(31)38-34(28)32/h1-23,38H. The lowest BCUT2D eigenvalue weighted by molar-refractivity contribution is 0.621. The Balaban J connectivity index is 1.26. The van der Waals surface area contributed by atoms with Crippen LogP contribution in [0.5, 0.6) is 0 Å². The molecule has 2 heterocycles. The van der Waals surface area contributed by atoms with E-state index in [4.69, 9.17) is 9.40 Å². The van der Waals surface area contributed by atoms with E-state index in [1.165, 1.54) is 16.3 Å². The van der Waals surface area contributed by atoms with Crippen molar-refractivity contribution in [2.24, 2.45) is 0 Å². The van der Waals surface area contributed by atoms with Gasteiger partial charge in [-0.2, -0.15) is 0 Å². The minimum atomic E-state index is 0.617. The fourth-order valence-corrected chi connectivity index (χ4v) is 5.73. The van der Waals surface area contributed by atoms with Crippen LogP contribution in [0.4, 0.5) is 0 Å². The normalized spacial score (nSPS) is 11.5. The van der Waals surface area contributed by atoms with E-state index >= 15 is 0 Å². The average molecular weight is 513 g/mol. The third-order valence-electron chi connectivity index (χ3n) is 7.70. The van der Waals surface area contributed by atoms with Crippen LogP contribution in [0.25, 0.3) is 77.7 Å². The van der Waals surface area contributed by atoms with Crippen molar-refractivity contribution in [1.29, 1.82) is 0 Å². The number of nitrogens with zero attached hydrogens (tertiary/aromatic N) is 1. The van der Waals surface area contributed by atoms with Gasteiger partial charge < -0.3 is 9.40 Å². The molecule has 0 spiro atoms. The van der Waals surface area contributed by atoms with E-state index in [-0.39, 0.29) is 0 Å². The number of para-hydroxylation sites is 2. The molecule has 0 amide bonds. The number of nitrogens with one attached hydrogen (secondary N) is 1.